The van der Waals surface area contributed by atoms with Crippen LogP contribution in [0, 0.1) is 5.92 Å². The predicted octanol–water partition coefficient (Wildman–Crippen LogP) is 2.74. The summed E-state index contributed by atoms with van der Waals surface area (Å²) in [6.45, 7) is 3.85. The van der Waals surface area contributed by atoms with Crippen molar-refractivity contribution < 1.29 is 9.84 Å². The number of unbranched alkanes of at least 4 members (excludes halogenated alkanes) is 4. The molecule has 0 saturated carbocycles. The highest BCUT2D eigenvalue weighted by Crippen LogP contribution is 2.20. The molecular formula is C12H24O2. The molecule has 0 aromatic carbocycles. The van der Waals surface area contributed by atoms with Crippen LogP contribution in [0.3, 0.4) is 0 Å². The zero-order valence-corrected chi connectivity index (χ0v) is 9.37. The first-order valence-corrected chi connectivity index (χ1v) is 6.10. The third kappa shape index (κ3) is 4.43. The van der Waals surface area contributed by atoms with Crippen LogP contribution >= 0.6 is 0 Å². The number of ether oxygens (including phenoxy) is 1. The number of aliphatic hydroxyl groups is 1. The van der Waals surface area contributed by atoms with Gasteiger partial charge < -0.3 is 9.84 Å². The zero-order chi connectivity index (χ0) is 10.2. The highest BCUT2D eigenvalue weighted by Gasteiger charge is 2.23. The summed E-state index contributed by atoms with van der Waals surface area (Å²) in [5.74, 6) is 0.418. The maximum atomic E-state index is 9.83. The van der Waals surface area contributed by atoms with Gasteiger partial charge in [-0.1, -0.05) is 39.0 Å². The first-order chi connectivity index (χ1) is 6.84. The van der Waals surface area contributed by atoms with E-state index in [1.165, 1.54) is 32.1 Å². The summed E-state index contributed by atoms with van der Waals surface area (Å²) in [6, 6.07) is 0. The highest BCUT2D eigenvalue weighted by atomic mass is 16.5. The van der Waals surface area contributed by atoms with E-state index in [1.54, 1.807) is 0 Å². The summed E-state index contributed by atoms with van der Waals surface area (Å²) in [5, 5.41) is 9.83. The standard InChI is InChI=1S/C12H24O2/c1-2-3-4-5-6-7-12(13)11-8-9-14-10-11/h11-13H,2-10H2,1H3. The number of hydrogen-bond donors (Lipinski definition) is 1. The number of hydrogen-bond acceptors (Lipinski definition) is 2. The molecule has 1 N–H and O–H groups in total. The Labute approximate surface area is 87.7 Å². The minimum Gasteiger partial charge on any atom is -0.393 e. The molecular weight excluding hydrogens is 176 g/mol. The molecule has 1 aliphatic rings. The Morgan fingerprint density at radius 3 is 2.71 bits per heavy atom. The van der Waals surface area contributed by atoms with Crippen molar-refractivity contribution in [2.24, 2.45) is 5.92 Å². The van der Waals surface area contributed by atoms with Crippen LogP contribution in [-0.4, -0.2) is 24.4 Å². The van der Waals surface area contributed by atoms with Crippen molar-refractivity contribution in [1.29, 1.82) is 0 Å². The highest BCUT2D eigenvalue weighted by molar-refractivity contribution is 4.72. The fourth-order valence-corrected chi connectivity index (χ4v) is 2.05. The van der Waals surface area contributed by atoms with Gasteiger partial charge in [0, 0.05) is 12.5 Å². The van der Waals surface area contributed by atoms with Gasteiger partial charge in [0.05, 0.1) is 12.7 Å². The molecule has 0 aliphatic carbocycles. The van der Waals surface area contributed by atoms with Gasteiger partial charge in [0.15, 0.2) is 0 Å². The van der Waals surface area contributed by atoms with Crippen LogP contribution in [0.25, 0.3) is 0 Å². The molecule has 0 radical (unpaired) electrons. The van der Waals surface area contributed by atoms with Crippen LogP contribution in [0.2, 0.25) is 0 Å². The molecule has 2 unspecified atom stereocenters. The van der Waals surface area contributed by atoms with E-state index < -0.39 is 0 Å². The van der Waals surface area contributed by atoms with Gasteiger partial charge >= 0.3 is 0 Å². The smallest absolute Gasteiger partial charge is 0.0591 e. The van der Waals surface area contributed by atoms with E-state index >= 15 is 0 Å². The van der Waals surface area contributed by atoms with Gasteiger partial charge in [-0.3, -0.25) is 0 Å². The van der Waals surface area contributed by atoms with Crippen molar-refractivity contribution in [3.8, 4) is 0 Å². The second-order valence-electron chi connectivity index (χ2n) is 4.39. The first-order valence-electron chi connectivity index (χ1n) is 6.10. The largest absolute Gasteiger partial charge is 0.393 e. The van der Waals surface area contributed by atoms with Crippen molar-refractivity contribution >= 4 is 0 Å². The average Bonchev–Trinajstić information content (AvgIpc) is 2.70. The van der Waals surface area contributed by atoms with E-state index in [1.807, 2.05) is 0 Å². The van der Waals surface area contributed by atoms with Gasteiger partial charge in [-0.15, -0.1) is 0 Å². The Morgan fingerprint density at radius 2 is 2.07 bits per heavy atom. The molecule has 1 rings (SSSR count). The predicted molar refractivity (Wildman–Crippen MR) is 58.3 cm³/mol. The second-order valence-corrected chi connectivity index (χ2v) is 4.39. The van der Waals surface area contributed by atoms with E-state index in [9.17, 15) is 5.11 Å². The maximum Gasteiger partial charge on any atom is 0.0591 e. The van der Waals surface area contributed by atoms with Crippen LogP contribution in [0.1, 0.15) is 51.9 Å². The van der Waals surface area contributed by atoms with Crippen LogP contribution in [0.15, 0.2) is 0 Å². The van der Waals surface area contributed by atoms with Crippen molar-refractivity contribution in [3.05, 3.63) is 0 Å². The molecule has 0 amide bonds. The molecule has 1 fully saturated rings. The fraction of sp³-hybridized carbons (Fsp3) is 1.00. The van der Waals surface area contributed by atoms with Crippen molar-refractivity contribution in [1.82, 2.24) is 0 Å². The Morgan fingerprint density at radius 1 is 1.29 bits per heavy atom. The summed E-state index contributed by atoms with van der Waals surface area (Å²) in [6.07, 6.45) is 8.31. The first kappa shape index (κ1) is 12.0. The van der Waals surface area contributed by atoms with Crippen molar-refractivity contribution in [2.75, 3.05) is 13.2 Å². The monoisotopic (exact) mass is 200 g/mol. The summed E-state index contributed by atoms with van der Waals surface area (Å²) in [7, 11) is 0. The third-order valence-electron chi connectivity index (χ3n) is 3.11. The Kier molecular flexibility index (Phi) is 6.20. The quantitative estimate of drug-likeness (QED) is 0.640. The Hall–Kier alpha value is -0.0800. The fourth-order valence-electron chi connectivity index (χ4n) is 2.05. The van der Waals surface area contributed by atoms with Crippen molar-refractivity contribution in [3.63, 3.8) is 0 Å². The lowest BCUT2D eigenvalue weighted by atomic mass is 9.96. The summed E-state index contributed by atoms with van der Waals surface area (Å²) >= 11 is 0. The molecule has 0 aromatic rings. The Balaban J connectivity index is 1.94. The zero-order valence-electron chi connectivity index (χ0n) is 9.37. The van der Waals surface area contributed by atoms with Gasteiger partial charge in [-0.05, 0) is 12.8 Å². The SMILES string of the molecule is CCCCCCCC(O)C1CCOC1. The lowest BCUT2D eigenvalue weighted by Crippen LogP contribution is -2.20. The normalized spacial score (nSPS) is 24.0. The van der Waals surface area contributed by atoms with E-state index in [0.29, 0.717) is 5.92 Å². The third-order valence-corrected chi connectivity index (χ3v) is 3.11. The average molecular weight is 200 g/mol. The molecule has 0 bridgehead atoms. The lowest BCUT2D eigenvalue weighted by Gasteiger charge is -2.15. The molecule has 1 heterocycles. The molecule has 2 nitrogen and oxygen atoms in total. The van der Waals surface area contributed by atoms with Crippen LogP contribution in [-0.2, 0) is 4.74 Å². The van der Waals surface area contributed by atoms with E-state index in [0.717, 1.165) is 26.1 Å². The van der Waals surface area contributed by atoms with Gasteiger partial charge in [-0.25, -0.2) is 0 Å². The van der Waals surface area contributed by atoms with Gasteiger partial charge in [0.1, 0.15) is 0 Å². The molecule has 1 saturated heterocycles. The lowest BCUT2D eigenvalue weighted by molar-refractivity contribution is 0.0825. The Bertz CT molecular complexity index is 130. The minimum atomic E-state index is -0.112. The number of rotatable bonds is 7. The molecule has 2 atom stereocenters. The summed E-state index contributed by atoms with van der Waals surface area (Å²) < 4.78 is 5.26. The topological polar surface area (TPSA) is 29.5 Å². The van der Waals surface area contributed by atoms with Crippen LogP contribution in [0.4, 0.5) is 0 Å². The molecule has 1 aliphatic heterocycles. The molecule has 14 heavy (non-hydrogen) atoms. The van der Waals surface area contributed by atoms with Gasteiger partial charge in [0.25, 0.3) is 0 Å². The van der Waals surface area contributed by atoms with E-state index in [2.05, 4.69) is 6.92 Å². The van der Waals surface area contributed by atoms with Gasteiger partial charge in [0.2, 0.25) is 0 Å². The molecule has 84 valence electrons. The van der Waals surface area contributed by atoms with E-state index in [-0.39, 0.29) is 6.10 Å². The van der Waals surface area contributed by atoms with Crippen LogP contribution < -0.4 is 0 Å². The van der Waals surface area contributed by atoms with Crippen LogP contribution in [0.5, 0.6) is 0 Å². The minimum absolute atomic E-state index is 0.112. The van der Waals surface area contributed by atoms with Crippen molar-refractivity contribution in [2.45, 2.75) is 58.0 Å². The summed E-state index contributed by atoms with van der Waals surface area (Å²) in [4.78, 5) is 0. The van der Waals surface area contributed by atoms with Gasteiger partial charge in [-0.2, -0.15) is 0 Å². The molecule has 2 heteroatoms. The number of aliphatic hydroxyl groups excluding tert-OH is 1. The maximum absolute atomic E-state index is 9.83. The molecule has 0 spiro atoms. The second kappa shape index (κ2) is 7.24. The molecule has 0 aromatic heterocycles. The van der Waals surface area contributed by atoms with E-state index in [4.69, 9.17) is 4.74 Å². The summed E-state index contributed by atoms with van der Waals surface area (Å²) in [5.41, 5.74) is 0.